The van der Waals surface area contributed by atoms with Gasteiger partial charge in [-0.2, -0.15) is 18.3 Å². The number of alkyl halides is 3. The summed E-state index contributed by atoms with van der Waals surface area (Å²) in [5, 5.41) is 6.10. The second-order valence-electron chi connectivity index (χ2n) is 6.66. The SMILES string of the molecule is Cc1ccc(C)c(NC(=O)CCn2nc(C(F)(F)F)c(Cl)c2C2CC2)c1. The number of hydrogen-bond acceptors (Lipinski definition) is 2. The van der Waals surface area contributed by atoms with Crippen LogP contribution in [0.4, 0.5) is 18.9 Å². The average Bonchev–Trinajstić information content (AvgIpc) is 3.31. The van der Waals surface area contributed by atoms with Crippen LogP contribution in [0.5, 0.6) is 0 Å². The van der Waals surface area contributed by atoms with Gasteiger partial charge in [0.2, 0.25) is 5.91 Å². The van der Waals surface area contributed by atoms with E-state index in [1.165, 1.54) is 4.68 Å². The quantitative estimate of drug-likeness (QED) is 0.780. The lowest BCUT2D eigenvalue weighted by molar-refractivity contribution is -0.141. The molecule has 4 nitrogen and oxygen atoms in total. The minimum absolute atomic E-state index is 0.00632. The Kier molecular flexibility index (Phi) is 5.01. The second kappa shape index (κ2) is 6.95. The molecule has 3 rings (SSSR count). The molecule has 0 atom stereocenters. The molecular formula is C18H19ClF3N3O. The summed E-state index contributed by atoms with van der Waals surface area (Å²) in [5.41, 5.74) is 1.95. The van der Waals surface area contributed by atoms with Gasteiger partial charge in [0.15, 0.2) is 5.69 Å². The third-order valence-electron chi connectivity index (χ3n) is 4.38. The Morgan fingerprint density at radius 1 is 1.35 bits per heavy atom. The third kappa shape index (κ3) is 4.03. The fourth-order valence-electron chi connectivity index (χ4n) is 2.84. The van der Waals surface area contributed by atoms with E-state index in [1.54, 1.807) is 0 Å². The molecule has 140 valence electrons. The van der Waals surface area contributed by atoms with E-state index in [-0.39, 0.29) is 29.8 Å². The monoisotopic (exact) mass is 385 g/mol. The maximum atomic E-state index is 13.1. The van der Waals surface area contributed by atoms with Gasteiger partial charge in [0, 0.05) is 18.0 Å². The number of carbonyl (C=O) groups excluding carboxylic acids is 1. The van der Waals surface area contributed by atoms with Crippen LogP contribution in [-0.4, -0.2) is 15.7 Å². The van der Waals surface area contributed by atoms with Gasteiger partial charge in [-0.15, -0.1) is 0 Å². The maximum absolute atomic E-state index is 13.1. The van der Waals surface area contributed by atoms with E-state index in [2.05, 4.69) is 10.4 Å². The number of nitrogens with one attached hydrogen (secondary N) is 1. The molecule has 2 aromatic rings. The van der Waals surface area contributed by atoms with Gasteiger partial charge in [-0.1, -0.05) is 23.7 Å². The number of aryl methyl sites for hydroxylation is 3. The molecular weight excluding hydrogens is 367 g/mol. The molecule has 1 aliphatic rings. The molecule has 0 unspecified atom stereocenters. The normalized spacial score (nSPS) is 14.5. The first kappa shape index (κ1) is 18.8. The fraction of sp³-hybridized carbons (Fsp3) is 0.444. The van der Waals surface area contributed by atoms with E-state index in [4.69, 9.17) is 11.6 Å². The molecule has 1 aromatic carbocycles. The number of carbonyl (C=O) groups is 1. The highest BCUT2D eigenvalue weighted by Crippen LogP contribution is 2.46. The minimum atomic E-state index is -4.60. The molecule has 1 aromatic heterocycles. The predicted molar refractivity (Wildman–Crippen MR) is 93.4 cm³/mol. The van der Waals surface area contributed by atoms with Crippen molar-refractivity contribution in [3.63, 3.8) is 0 Å². The van der Waals surface area contributed by atoms with Crippen molar-refractivity contribution in [1.82, 2.24) is 9.78 Å². The van der Waals surface area contributed by atoms with E-state index in [1.807, 2.05) is 32.0 Å². The van der Waals surface area contributed by atoms with Gasteiger partial charge in [-0.05, 0) is 43.9 Å². The molecule has 8 heteroatoms. The van der Waals surface area contributed by atoms with E-state index >= 15 is 0 Å². The predicted octanol–water partition coefficient (Wildman–Crippen LogP) is 5.08. The molecule has 0 radical (unpaired) electrons. The molecule has 1 fully saturated rings. The summed E-state index contributed by atoms with van der Waals surface area (Å²) in [6.07, 6.45) is -3.01. The van der Waals surface area contributed by atoms with Crippen LogP contribution < -0.4 is 5.32 Å². The zero-order valence-electron chi connectivity index (χ0n) is 14.5. The summed E-state index contributed by atoms with van der Waals surface area (Å²) in [4.78, 5) is 12.2. The Hall–Kier alpha value is -2.02. The summed E-state index contributed by atoms with van der Waals surface area (Å²) in [7, 11) is 0. The van der Waals surface area contributed by atoms with Crippen LogP contribution in [0.25, 0.3) is 0 Å². The number of halogens is 4. The van der Waals surface area contributed by atoms with Crippen LogP contribution in [0.15, 0.2) is 18.2 Å². The Balaban J connectivity index is 1.73. The topological polar surface area (TPSA) is 46.9 Å². The number of hydrogen-bond donors (Lipinski definition) is 1. The average molecular weight is 386 g/mol. The van der Waals surface area contributed by atoms with Crippen LogP contribution >= 0.6 is 11.6 Å². The lowest BCUT2D eigenvalue weighted by atomic mass is 10.1. The van der Waals surface area contributed by atoms with Crippen molar-refractivity contribution in [2.75, 3.05) is 5.32 Å². The van der Waals surface area contributed by atoms with Crippen molar-refractivity contribution < 1.29 is 18.0 Å². The van der Waals surface area contributed by atoms with Gasteiger partial charge >= 0.3 is 6.18 Å². The van der Waals surface area contributed by atoms with Crippen molar-refractivity contribution in [2.45, 2.75) is 51.7 Å². The van der Waals surface area contributed by atoms with Gasteiger partial charge in [0.05, 0.1) is 17.3 Å². The lowest BCUT2D eigenvalue weighted by Gasteiger charge is -2.10. The summed E-state index contributed by atoms with van der Waals surface area (Å²) < 4.78 is 40.4. The first-order valence-electron chi connectivity index (χ1n) is 8.37. The molecule has 1 amide bonds. The second-order valence-corrected chi connectivity index (χ2v) is 7.04. The van der Waals surface area contributed by atoms with E-state index in [9.17, 15) is 18.0 Å². The van der Waals surface area contributed by atoms with Gasteiger partial charge in [-0.25, -0.2) is 0 Å². The molecule has 26 heavy (non-hydrogen) atoms. The molecule has 1 N–H and O–H groups in total. The number of nitrogens with zero attached hydrogens (tertiary/aromatic N) is 2. The van der Waals surface area contributed by atoms with Crippen LogP contribution in [0.2, 0.25) is 5.02 Å². The Morgan fingerprint density at radius 3 is 2.65 bits per heavy atom. The smallest absolute Gasteiger partial charge is 0.326 e. The Bertz CT molecular complexity index is 841. The Morgan fingerprint density at radius 2 is 2.04 bits per heavy atom. The lowest BCUT2D eigenvalue weighted by Crippen LogP contribution is -2.17. The molecule has 0 spiro atoms. The maximum Gasteiger partial charge on any atom is 0.436 e. The van der Waals surface area contributed by atoms with E-state index in [0.29, 0.717) is 11.4 Å². The number of amides is 1. The highest BCUT2D eigenvalue weighted by Gasteiger charge is 2.41. The van der Waals surface area contributed by atoms with Gasteiger partial charge in [0.25, 0.3) is 0 Å². The molecule has 0 aliphatic heterocycles. The van der Waals surface area contributed by atoms with Crippen molar-refractivity contribution >= 4 is 23.2 Å². The number of benzene rings is 1. The summed E-state index contributed by atoms with van der Waals surface area (Å²) in [5.74, 6) is -0.284. The number of aromatic nitrogens is 2. The molecule has 1 aliphatic carbocycles. The van der Waals surface area contributed by atoms with Crippen LogP contribution in [0.1, 0.15) is 47.7 Å². The van der Waals surface area contributed by atoms with Gasteiger partial charge < -0.3 is 5.32 Å². The molecule has 1 saturated carbocycles. The zero-order valence-corrected chi connectivity index (χ0v) is 15.2. The largest absolute Gasteiger partial charge is 0.436 e. The number of anilines is 1. The van der Waals surface area contributed by atoms with Crippen LogP contribution in [0.3, 0.4) is 0 Å². The first-order valence-corrected chi connectivity index (χ1v) is 8.75. The van der Waals surface area contributed by atoms with Crippen molar-refractivity contribution in [2.24, 2.45) is 0 Å². The summed E-state index contributed by atoms with van der Waals surface area (Å²) in [6, 6.07) is 5.70. The van der Waals surface area contributed by atoms with Crippen molar-refractivity contribution in [1.29, 1.82) is 0 Å². The van der Waals surface area contributed by atoms with E-state index < -0.39 is 11.9 Å². The van der Waals surface area contributed by atoms with Gasteiger partial charge in [-0.3, -0.25) is 9.48 Å². The van der Waals surface area contributed by atoms with Gasteiger partial charge in [0.1, 0.15) is 0 Å². The van der Waals surface area contributed by atoms with E-state index in [0.717, 1.165) is 24.0 Å². The summed E-state index contributed by atoms with van der Waals surface area (Å²) >= 11 is 5.93. The Labute approximate surface area is 154 Å². The highest BCUT2D eigenvalue weighted by atomic mass is 35.5. The fourth-order valence-corrected chi connectivity index (χ4v) is 3.24. The molecule has 0 bridgehead atoms. The first-order chi connectivity index (χ1) is 12.2. The zero-order chi connectivity index (χ0) is 19.1. The van der Waals surface area contributed by atoms with Crippen LogP contribution in [-0.2, 0) is 17.5 Å². The highest BCUT2D eigenvalue weighted by molar-refractivity contribution is 6.32. The van der Waals surface area contributed by atoms with Crippen LogP contribution in [0, 0.1) is 13.8 Å². The van der Waals surface area contributed by atoms with Crippen molar-refractivity contribution in [3.8, 4) is 0 Å². The molecule has 1 heterocycles. The number of rotatable bonds is 5. The molecule has 0 saturated heterocycles. The summed E-state index contributed by atoms with van der Waals surface area (Å²) in [6.45, 7) is 3.85. The third-order valence-corrected chi connectivity index (χ3v) is 4.75. The standard InChI is InChI=1S/C18H19ClF3N3O/c1-10-3-4-11(2)13(9-10)23-14(26)7-8-25-16(12-5-6-12)15(19)17(24-25)18(20,21)22/h3-4,9,12H,5-8H2,1-2H3,(H,23,26). The van der Waals surface area contributed by atoms with Crippen molar-refractivity contribution in [3.05, 3.63) is 45.7 Å². The minimum Gasteiger partial charge on any atom is -0.326 e.